The maximum atomic E-state index is 12.2. The zero-order valence-corrected chi connectivity index (χ0v) is 11.6. The third kappa shape index (κ3) is 2.03. The van der Waals surface area contributed by atoms with Crippen LogP contribution in [0.1, 0.15) is 11.1 Å². The van der Waals surface area contributed by atoms with Gasteiger partial charge in [-0.05, 0) is 23.8 Å². The average Bonchev–Trinajstić information content (AvgIpc) is 2.90. The van der Waals surface area contributed by atoms with E-state index in [4.69, 9.17) is 0 Å². The van der Waals surface area contributed by atoms with Gasteiger partial charge in [0, 0.05) is 11.8 Å². The van der Waals surface area contributed by atoms with E-state index >= 15 is 0 Å². The number of benzene rings is 2. The molecule has 4 rings (SSSR count). The van der Waals surface area contributed by atoms with Crippen molar-refractivity contribution in [3.05, 3.63) is 71.9 Å². The van der Waals surface area contributed by atoms with Crippen molar-refractivity contribution in [3.8, 4) is 0 Å². The van der Waals surface area contributed by atoms with Gasteiger partial charge in [0.25, 0.3) is 5.91 Å². The number of hydrogen-bond acceptors (Lipinski definition) is 4. The Morgan fingerprint density at radius 2 is 1.77 bits per heavy atom. The molecule has 106 valence electrons. The minimum atomic E-state index is -0.722. The predicted octanol–water partition coefficient (Wildman–Crippen LogP) is 3.37. The summed E-state index contributed by atoms with van der Waals surface area (Å²) in [5, 5.41) is 8.31. The highest BCUT2D eigenvalue weighted by Gasteiger charge is 2.36. The van der Waals surface area contributed by atoms with E-state index in [1.165, 1.54) is 0 Å². The molecule has 1 atom stereocenters. The monoisotopic (exact) mass is 288 g/mol. The topological polar surface area (TPSA) is 57.4 Å². The lowest BCUT2D eigenvalue weighted by Crippen LogP contribution is -2.34. The molecule has 5 nitrogen and oxygen atoms in total. The van der Waals surface area contributed by atoms with Crippen molar-refractivity contribution >= 4 is 23.5 Å². The lowest BCUT2D eigenvalue weighted by molar-refractivity contribution is -0.119. The van der Waals surface area contributed by atoms with Gasteiger partial charge in [0.05, 0.1) is 5.69 Å². The van der Waals surface area contributed by atoms with Crippen molar-refractivity contribution in [1.29, 1.82) is 0 Å². The molecule has 1 unspecified atom stereocenters. The molecule has 2 aromatic rings. The molecule has 1 amide bonds. The molecule has 2 heterocycles. The average molecular weight is 288 g/mol. The predicted molar refractivity (Wildman–Crippen MR) is 83.6 cm³/mol. The van der Waals surface area contributed by atoms with E-state index in [0.717, 1.165) is 11.1 Å². The Balaban J connectivity index is 1.66. The van der Waals surface area contributed by atoms with Crippen molar-refractivity contribution in [2.75, 3.05) is 0 Å². The number of aliphatic imine (C=N–C) groups is 1. The van der Waals surface area contributed by atoms with Crippen LogP contribution in [0, 0.1) is 0 Å². The molecule has 0 saturated carbocycles. The second kappa shape index (κ2) is 5.04. The largest absolute Gasteiger partial charge is 0.300 e. The summed E-state index contributed by atoms with van der Waals surface area (Å²) in [6.45, 7) is 0. The Morgan fingerprint density at radius 1 is 1.00 bits per heavy atom. The standard InChI is InChI=1S/C17H12N4O/c22-17-16(20-19-13-7-2-1-3-8-13)21-11-10-12-6-4-5-9-14(12)15(21)18-17/h1-11,16H. The number of amidine groups is 1. The van der Waals surface area contributed by atoms with Gasteiger partial charge in [0.2, 0.25) is 6.17 Å². The van der Waals surface area contributed by atoms with E-state index in [-0.39, 0.29) is 5.91 Å². The molecule has 0 saturated heterocycles. The molecule has 0 fully saturated rings. The minimum Gasteiger partial charge on any atom is -0.300 e. The number of hydrogen-bond donors (Lipinski definition) is 0. The second-order valence-corrected chi connectivity index (χ2v) is 5.01. The summed E-state index contributed by atoms with van der Waals surface area (Å²) in [5.41, 5.74) is 2.70. The summed E-state index contributed by atoms with van der Waals surface area (Å²) in [7, 11) is 0. The number of fused-ring (bicyclic) bond motifs is 3. The lowest BCUT2D eigenvalue weighted by Gasteiger charge is -2.23. The number of amides is 1. The molecule has 0 bridgehead atoms. The zero-order valence-electron chi connectivity index (χ0n) is 11.6. The first kappa shape index (κ1) is 12.6. The highest BCUT2D eigenvalue weighted by Crippen LogP contribution is 2.27. The zero-order chi connectivity index (χ0) is 14.9. The van der Waals surface area contributed by atoms with Crippen LogP contribution in [-0.4, -0.2) is 22.8 Å². The van der Waals surface area contributed by atoms with Crippen molar-refractivity contribution in [1.82, 2.24) is 4.90 Å². The van der Waals surface area contributed by atoms with E-state index < -0.39 is 6.17 Å². The van der Waals surface area contributed by atoms with Crippen LogP contribution < -0.4 is 0 Å². The van der Waals surface area contributed by atoms with Crippen LogP contribution in [0.5, 0.6) is 0 Å². The van der Waals surface area contributed by atoms with E-state index in [9.17, 15) is 4.79 Å². The molecule has 0 aromatic heterocycles. The number of carbonyl (C=O) groups excluding carboxylic acids is 1. The molecule has 0 N–H and O–H groups in total. The third-order valence-electron chi connectivity index (χ3n) is 3.60. The number of azo groups is 1. The molecule has 2 aliphatic rings. The van der Waals surface area contributed by atoms with Crippen molar-refractivity contribution < 1.29 is 4.79 Å². The van der Waals surface area contributed by atoms with Gasteiger partial charge in [-0.3, -0.25) is 9.69 Å². The van der Waals surface area contributed by atoms with Crippen LogP contribution in [0.2, 0.25) is 0 Å². The van der Waals surface area contributed by atoms with Gasteiger partial charge in [-0.1, -0.05) is 42.5 Å². The Hall–Kier alpha value is -3.08. The fourth-order valence-corrected chi connectivity index (χ4v) is 2.53. The molecule has 5 heteroatoms. The molecule has 2 aromatic carbocycles. The Morgan fingerprint density at radius 3 is 2.64 bits per heavy atom. The van der Waals surface area contributed by atoms with Gasteiger partial charge in [-0.15, -0.1) is 0 Å². The second-order valence-electron chi connectivity index (χ2n) is 5.01. The van der Waals surface area contributed by atoms with Gasteiger partial charge in [-0.2, -0.15) is 15.2 Å². The van der Waals surface area contributed by atoms with E-state index in [2.05, 4.69) is 15.2 Å². The normalized spacial score (nSPS) is 19.3. The van der Waals surface area contributed by atoms with Crippen LogP contribution in [0.3, 0.4) is 0 Å². The molecule has 0 aliphatic carbocycles. The summed E-state index contributed by atoms with van der Waals surface area (Å²) < 4.78 is 0. The molecule has 0 spiro atoms. The molecular formula is C17H12N4O. The maximum Gasteiger partial charge on any atom is 0.295 e. The number of rotatable bonds is 2. The van der Waals surface area contributed by atoms with Crippen LogP contribution in [-0.2, 0) is 4.79 Å². The van der Waals surface area contributed by atoms with Crippen LogP contribution in [0.15, 0.2) is 76.0 Å². The minimum absolute atomic E-state index is 0.295. The van der Waals surface area contributed by atoms with E-state index in [1.807, 2.05) is 66.9 Å². The Kier molecular flexibility index (Phi) is 2.89. The first-order valence-electron chi connectivity index (χ1n) is 6.97. The third-order valence-corrected chi connectivity index (χ3v) is 3.60. The van der Waals surface area contributed by atoms with Crippen LogP contribution in [0.4, 0.5) is 5.69 Å². The van der Waals surface area contributed by atoms with E-state index in [1.54, 1.807) is 4.90 Å². The van der Waals surface area contributed by atoms with Crippen LogP contribution in [0.25, 0.3) is 6.08 Å². The van der Waals surface area contributed by atoms with Gasteiger partial charge in [-0.25, -0.2) is 0 Å². The maximum absolute atomic E-state index is 12.2. The Labute approximate surface area is 127 Å². The summed E-state index contributed by atoms with van der Waals surface area (Å²) in [4.78, 5) is 18.1. The first-order chi connectivity index (χ1) is 10.8. The van der Waals surface area contributed by atoms with E-state index in [0.29, 0.717) is 11.5 Å². The van der Waals surface area contributed by atoms with Gasteiger partial charge in [0.1, 0.15) is 5.84 Å². The summed E-state index contributed by atoms with van der Waals surface area (Å²) in [6.07, 6.45) is 3.07. The fourth-order valence-electron chi connectivity index (χ4n) is 2.53. The SMILES string of the molecule is O=C1N=C2c3ccccc3C=CN2C1N=Nc1ccccc1. The van der Waals surface area contributed by atoms with Crippen molar-refractivity contribution in [2.45, 2.75) is 6.17 Å². The fraction of sp³-hybridized carbons (Fsp3) is 0.0588. The number of carbonyl (C=O) groups is 1. The molecule has 2 aliphatic heterocycles. The van der Waals surface area contributed by atoms with Gasteiger partial charge >= 0.3 is 0 Å². The Bertz CT molecular complexity index is 824. The lowest BCUT2D eigenvalue weighted by atomic mass is 10.0. The van der Waals surface area contributed by atoms with Crippen LogP contribution >= 0.6 is 0 Å². The summed E-state index contributed by atoms with van der Waals surface area (Å²) >= 11 is 0. The van der Waals surface area contributed by atoms with Gasteiger partial charge in [0.15, 0.2) is 0 Å². The highest BCUT2D eigenvalue weighted by atomic mass is 16.2. The highest BCUT2D eigenvalue weighted by molar-refractivity contribution is 6.15. The molecule has 22 heavy (non-hydrogen) atoms. The summed E-state index contributed by atoms with van der Waals surface area (Å²) in [6, 6.07) is 17.2. The smallest absolute Gasteiger partial charge is 0.295 e. The first-order valence-corrected chi connectivity index (χ1v) is 6.97. The van der Waals surface area contributed by atoms with Crippen molar-refractivity contribution in [3.63, 3.8) is 0 Å². The van der Waals surface area contributed by atoms with Gasteiger partial charge < -0.3 is 0 Å². The molecular weight excluding hydrogens is 276 g/mol. The molecule has 0 radical (unpaired) electrons. The quantitative estimate of drug-likeness (QED) is 0.795. The number of nitrogens with zero attached hydrogens (tertiary/aromatic N) is 4. The summed E-state index contributed by atoms with van der Waals surface area (Å²) in [5.74, 6) is 0.344. The van der Waals surface area contributed by atoms with Crippen molar-refractivity contribution in [2.24, 2.45) is 15.2 Å².